The zero-order chi connectivity index (χ0) is 15.7. The van der Waals surface area contributed by atoms with E-state index >= 15 is 0 Å². The van der Waals surface area contributed by atoms with Gasteiger partial charge in [0.25, 0.3) is 0 Å². The number of rotatable bonds is 9. The predicted octanol–water partition coefficient (Wildman–Crippen LogP) is 3.75. The highest BCUT2D eigenvalue weighted by atomic mass is 35.5. The normalized spacial score (nSPS) is 10.2. The van der Waals surface area contributed by atoms with Gasteiger partial charge >= 0.3 is 11.7 Å². The molecule has 1 aromatic carbocycles. The topological polar surface area (TPSA) is 78.7 Å². The summed E-state index contributed by atoms with van der Waals surface area (Å²) in [5, 5.41) is 11.2. The molecule has 6 nitrogen and oxygen atoms in total. The van der Waals surface area contributed by atoms with E-state index in [2.05, 4.69) is 0 Å². The Hall–Kier alpha value is -1.82. The number of unbranched alkanes of at least 4 members (excludes halogenated alkanes) is 3. The van der Waals surface area contributed by atoms with Crippen molar-refractivity contribution in [3.63, 3.8) is 0 Å². The zero-order valence-corrected chi connectivity index (χ0v) is 12.6. The van der Waals surface area contributed by atoms with Crippen LogP contribution < -0.4 is 4.74 Å². The van der Waals surface area contributed by atoms with Crippen molar-refractivity contribution in [3.8, 4) is 5.75 Å². The molecule has 0 aliphatic heterocycles. The summed E-state index contributed by atoms with van der Waals surface area (Å²) in [6.07, 6.45) is 3.41. The van der Waals surface area contributed by atoms with Gasteiger partial charge in [0, 0.05) is 18.0 Å². The molecule has 0 saturated carbocycles. The van der Waals surface area contributed by atoms with Crippen molar-refractivity contribution >= 4 is 23.3 Å². The summed E-state index contributed by atoms with van der Waals surface area (Å²) in [6, 6.07) is 4.33. The van der Waals surface area contributed by atoms with Crippen LogP contribution in [0.4, 0.5) is 5.69 Å². The van der Waals surface area contributed by atoms with Gasteiger partial charge in [0.15, 0.2) is 5.75 Å². The van der Waals surface area contributed by atoms with Gasteiger partial charge < -0.3 is 9.47 Å². The monoisotopic (exact) mass is 315 g/mol. The SMILES string of the molecule is CC(=O)OCCCCCCOc1ccc(Cl)cc1[N+](=O)[O-]. The molecule has 0 unspecified atom stereocenters. The van der Waals surface area contributed by atoms with Gasteiger partial charge in [-0.1, -0.05) is 11.6 Å². The summed E-state index contributed by atoms with van der Waals surface area (Å²) < 4.78 is 10.2. The largest absolute Gasteiger partial charge is 0.487 e. The lowest BCUT2D eigenvalue weighted by Gasteiger charge is -2.07. The maximum atomic E-state index is 10.9. The second-order valence-corrected chi connectivity index (χ2v) is 4.91. The fourth-order valence-corrected chi connectivity index (χ4v) is 1.88. The molecule has 0 aromatic heterocycles. The van der Waals surface area contributed by atoms with Gasteiger partial charge in [0.05, 0.1) is 18.1 Å². The second-order valence-electron chi connectivity index (χ2n) is 4.47. The Balaban J connectivity index is 2.24. The maximum Gasteiger partial charge on any atom is 0.312 e. The molecule has 0 spiro atoms. The highest BCUT2D eigenvalue weighted by Crippen LogP contribution is 2.29. The Kier molecular flexibility index (Phi) is 7.53. The molecule has 1 rings (SSSR count). The summed E-state index contributed by atoms with van der Waals surface area (Å²) >= 11 is 5.72. The Bertz CT molecular complexity index is 492. The third kappa shape index (κ3) is 6.94. The second kappa shape index (κ2) is 9.18. The number of halogens is 1. The number of carbonyl (C=O) groups excluding carboxylic acids is 1. The van der Waals surface area contributed by atoms with E-state index in [0.717, 1.165) is 25.7 Å². The molecule has 0 N–H and O–H groups in total. The van der Waals surface area contributed by atoms with Gasteiger partial charge in [-0.15, -0.1) is 0 Å². The summed E-state index contributed by atoms with van der Waals surface area (Å²) in [4.78, 5) is 20.9. The lowest BCUT2D eigenvalue weighted by molar-refractivity contribution is -0.385. The number of esters is 1. The van der Waals surface area contributed by atoms with Gasteiger partial charge in [-0.2, -0.15) is 0 Å². The minimum Gasteiger partial charge on any atom is -0.487 e. The molecule has 116 valence electrons. The van der Waals surface area contributed by atoms with Crippen LogP contribution in [0.5, 0.6) is 5.75 Å². The molecule has 0 bridgehead atoms. The number of nitrogens with zero attached hydrogens (tertiary/aromatic N) is 1. The molecule has 0 fully saturated rings. The number of ether oxygens (including phenoxy) is 2. The first-order valence-corrected chi connectivity index (χ1v) is 7.08. The molecule has 0 atom stereocenters. The molecular formula is C14H18ClNO5. The molecule has 7 heteroatoms. The third-order valence-corrected chi connectivity index (χ3v) is 2.95. The quantitative estimate of drug-likeness (QED) is 0.300. The van der Waals surface area contributed by atoms with Crippen LogP contribution >= 0.6 is 11.6 Å². The van der Waals surface area contributed by atoms with E-state index in [-0.39, 0.29) is 17.4 Å². The summed E-state index contributed by atoms with van der Waals surface area (Å²) in [6.45, 7) is 2.21. The molecule has 0 aliphatic carbocycles. The van der Waals surface area contributed by atoms with E-state index in [4.69, 9.17) is 21.1 Å². The van der Waals surface area contributed by atoms with Crippen molar-refractivity contribution in [1.82, 2.24) is 0 Å². The van der Waals surface area contributed by atoms with Crippen LogP contribution in [0, 0.1) is 10.1 Å². The van der Waals surface area contributed by atoms with Gasteiger partial charge in [0.1, 0.15) is 0 Å². The first-order valence-electron chi connectivity index (χ1n) is 6.71. The van der Waals surface area contributed by atoms with Gasteiger partial charge in [-0.3, -0.25) is 14.9 Å². The fraction of sp³-hybridized carbons (Fsp3) is 0.500. The average molecular weight is 316 g/mol. The number of nitro benzene ring substituents is 1. The van der Waals surface area contributed by atoms with Crippen LogP contribution in [0.2, 0.25) is 5.02 Å². The van der Waals surface area contributed by atoms with E-state index in [1.165, 1.54) is 19.1 Å². The van der Waals surface area contributed by atoms with Gasteiger partial charge in [-0.25, -0.2) is 0 Å². The molecule has 0 aliphatic rings. The van der Waals surface area contributed by atoms with Crippen molar-refractivity contribution < 1.29 is 19.2 Å². The standard InChI is InChI=1S/C14H18ClNO5/c1-11(17)20-8-4-2-3-5-9-21-14-7-6-12(15)10-13(14)16(18)19/h6-7,10H,2-5,8-9H2,1H3. The molecule has 1 aromatic rings. The van der Waals surface area contributed by atoms with E-state index in [9.17, 15) is 14.9 Å². The Labute approximate surface area is 128 Å². The van der Waals surface area contributed by atoms with Crippen molar-refractivity contribution in [2.24, 2.45) is 0 Å². The smallest absolute Gasteiger partial charge is 0.312 e. The van der Waals surface area contributed by atoms with E-state index in [0.29, 0.717) is 18.2 Å². The van der Waals surface area contributed by atoms with Crippen molar-refractivity contribution in [3.05, 3.63) is 33.3 Å². The van der Waals surface area contributed by atoms with Gasteiger partial charge in [0.2, 0.25) is 0 Å². The van der Waals surface area contributed by atoms with Crippen LogP contribution in [-0.4, -0.2) is 24.1 Å². The lowest BCUT2D eigenvalue weighted by atomic mass is 10.2. The van der Waals surface area contributed by atoms with Crippen LogP contribution in [0.3, 0.4) is 0 Å². The summed E-state index contributed by atoms with van der Waals surface area (Å²) in [5.74, 6) is -0.0438. The maximum absolute atomic E-state index is 10.9. The third-order valence-electron chi connectivity index (χ3n) is 2.72. The summed E-state index contributed by atoms with van der Waals surface area (Å²) in [7, 11) is 0. The molecule has 21 heavy (non-hydrogen) atoms. The van der Waals surface area contributed by atoms with Crippen molar-refractivity contribution in [2.75, 3.05) is 13.2 Å². The Morgan fingerprint density at radius 3 is 2.52 bits per heavy atom. The number of nitro groups is 1. The van der Waals surface area contributed by atoms with E-state index < -0.39 is 4.92 Å². The van der Waals surface area contributed by atoms with Gasteiger partial charge in [-0.05, 0) is 37.8 Å². The molecule has 0 radical (unpaired) electrons. The van der Waals surface area contributed by atoms with Crippen LogP contribution in [0.1, 0.15) is 32.6 Å². The Morgan fingerprint density at radius 2 is 1.90 bits per heavy atom. The van der Waals surface area contributed by atoms with E-state index in [1.54, 1.807) is 6.07 Å². The summed E-state index contributed by atoms with van der Waals surface area (Å²) in [5.41, 5.74) is -0.127. The minimum atomic E-state index is -0.514. The minimum absolute atomic E-state index is 0.127. The predicted molar refractivity (Wildman–Crippen MR) is 78.7 cm³/mol. The van der Waals surface area contributed by atoms with Crippen LogP contribution in [0.15, 0.2) is 18.2 Å². The number of carbonyl (C=O) groups is 1. The first-order chi connectivity index (χ1) is 10.0. The number of hydrogen-bond donors (Lipinski definition) is 0. The van der Waals surface area contributed by atoms with Crippen molar-refractivity contribution in [1.29, 1.82) is 0 Å². The highest BCUT2D eigenvalue weighted by Gasteiger charge is 2.15. The zero-order valence-electron chi connectivity index (χ0n) is 11.8. The molecule has 0 saturated heterocycles. The Morgan fingerprint density at radius 1 is 1.24 bits per heavy atom. The molecule has 0 heterocycles. The number of hydrogen-bond acceptors (Lipinski definition) is 5. The first kappa shape index (κ1) is 17.2. The average Bonchev–Trinajstić information content (AvgIpc) is 2.42. The van der Waals surface area contributed by atoms with Crippen LogP contribution in [-0.2, 0) is 9.53 Å². The highest BCUT2D eigenvalue weighted by molar-refractivity contribution is 6.30. The number of benzene rings is 1. The van der Waals surface area contributed by atoms with E-state index in [1.807, 2.05) is 0 Å². The fourth-order valence-electron chi connectivity index (χ4n) is 1.71. The molecule has 0 amide bonds. The van der Waals surface area contributed by atoms with Crippen molar-refractivity contribution in [2.45, 2.75) is 32.6 Å². The lowest BCUT2D eigenvalue weighted by Crippen LogP contribution is -2.02. The van der Waals surface area contributed by atoms with Crippen LogP contribution in [0.25, 0.3) is 0 Å². The molecular weight excluding hydrogens is 298 g/mol.